The average Bonchev–Trinajstić information content (AvgIpc) is 1.41. The third-order valence-electron chi connectivity index (χ3n) is 0. The van der Waals surface area contributed by atoms with Crippen LogP contribution in [-0.4, -0.2) is 43.9 Å². The van der Waals surface area contributed by atoms with Gasteiger partial charge in [-0.15, -0.1) is 0 Å². The summed E-state index contributed by atoms with van der Waals surface area (Å²) in [7, 11) is 0. The van der Waals surface area contributed by atoms with Crippen molar-refractivity contribution >= 4 is 43.9 Å². The Kier molecular flexibility index (Phi) is 35.3. The number of hydrogen-bond acceptors (Lipinski definition) is 4. The molecule has 0 aromatic rings. The Morgan fingerprint density at radius 3 is 1.29 bits per heavy atom. The first-order chi connectivity index (χ1) is 2.73. The quantitative estimate of drug-likeness (QED) is 0.411. The number of carbonyl (C=O) groups is 1. The second-order valence-corrected chi connectivity index (χ2v) is 0.250. The van der Waals surface area contributed by atoms with E-state index in [9.17, 15) is 0 Å². The van der Waals surface area contributed by atoms with Gasteiger partial charge >= 0.3 is 60.4 Å². The van der Waals surface area contributed by atoms with E-state index in [-0.39, 0.29) is 37.7 Å². The molecule has 0 radical (unpaired) electrons. The third-order valence-corrected chi connectivity index (χ3v) is 0. The van der Waals surface area contributed by atoms with Crippen LogP contribution < -0.4 is 10.2 Å². The van der Waals surface area contributed by atoms with Gasteiger partial charge in [0.05, 0.1) is 0 Å². The van der Waals surface area contributed by atoms with E-state index < -0.39 is 6.16 Å². The molecule has 4 nitrogen and oxygen atoms in total. The number of carboxylic acid groups (broad SMARTS) is 2. The van der Waals surface area contributed by atoms with Gasteiger partial charge in [-0.1, -0.05) is 0 Å². The molecule has 0 rings (SSSR count). The number of rotatable bonds is 0. The Bertz CT molecular complexity index is 43.0. The van der Waals surface area contributed by atoms with Crippen molar-refractivity contribution in [3.8, 4) is 0 Å². The average molecular weight is 223 g/mol. The molecule has 0 saturated heterocycles. The van der Waals surface area contributed by atoms with Crippen molar-refractivity contribution in [1.29, 1.82) is 0 Å². The van der Waals surface area contributed by atoms with E-state index in [2.05, 4.69) is 0 Å². The van der Waals surface area contributed by atoms with Crippen molar-refractivity contribution in [3.63, 3.8) is 0 Å². The zero-order valence-electron chi connectivity index (χ0n) is 3.16. The molecule has 0 heterocycles. The Balaban J connectivity index is -0.0000000480. The zero-order valence-corrected chi connectivity index (χ0v) is 6.92. The van der Waals surface area contributed by atoms with Crippen molar-refractivity contribution in [2.24, 2.45) is 0 Å². The van der Waals surface area contributed by atoms with Gasteiger partial charge < -0.3 is 15.0 Å². The first-order valence-corrected chi connectivity index (χ1v) is 1.38. The van der Waals surface area contributed by atoms with E-state index in [0.29, 0.717) is 0 Å². The normalized spacial score (nSPS) is 4.29. The summed E-state index contributed by atoms with van der Waals surface area (Å²) < 4.78 is 8.10. The van der Waals surface area contributed by atoms with Crippen molar-refractivity contribution in [3.05, 3.63) is 0 Å². The predicted molar refractivity (Wildman–Crippen MR) is 11.8 cm³/mol. The summed E-state index contributed by atoms with van der Waals surface area (Å²) in [6, 6.07) is 0. The molecule has 0 aromatic heterocycles. The molecular formula is CCaO4Pd. The van der Waals surface area contributed by atoms with Gasteiger partial charge in [0.15, 0.2) is 0 Å². The number of carbonyl (C=O) groups excluding carboxylic acids is 1. The minimum absolute atomic E-state index is 0. The monoisotopic (exact) mass is 222 g/mol. The zero-order chi connectivity index (χ0) is 5.58. The van der Waals surface area contributed by atoms with E-state index in [0.717, 1.165) is 0 Å². The molecule has 40 valence electrons. The standard InChI is InChI=1S/CH2O3.Ca.O.Pd/c2-1(3)4;;;/h(H2,2,3,4);;;/q;+2;;/p-2. The molecule has 6 heteroatoms. The van der Waals surface area contributed by atoms with Crippen molar-refractivity contribution in [2.45, 2.75) is 0 Å². The van der Waals surface area contributed by atoms with Crippen LogP contribution >= 0.6 is 0 Å². The van der Waals surface area contributed by atoms with Crippen molar-refractivity contribution < 1.29 is 37.6 Å². The molecule has 0 aliphatic heterocycles. The number of hydrogen-bond donors (Lipinski definition) is 0. The molecule has 0 aliphatic rings. The first kappa shape index (κ1) is 15.7. The van der Waals surface area contributed by atoms with Gasteiger partial charge in [-0.3, -0.25) is 0 Å². The Morgan fingerprint density at radius 1 is 1.29 bits per heavy atom. The van der Waals surface area contributed by atoms with Crippen LogP contribution in [0.2, 0.25) is 0 Å². The van der Waals surface area contributed by atoms with Gasteiger partial charge in [-0.2, -0.15) is 0 Å². The molecule has 0 atom stereocenters. The van der Waals surface area contributed by atoms with E-state index >= 15 is 0 Å². The summed E-state index contributed by atoms with van der Waals surface area (Å²) in [5.41, 5.74) is 0. The Morgan fingerprint density at radius 2 is 1.29 bits per heavy atom. The third kappa shape index (κ3) is 177. The first-order valence-electron chi connectivity index (χ1n) is 0.741. The second-order valence-electron chi connectivity index (χ2n) is 0.250. The summed E-state index contributed by atoms with van der Waals surface area (Å²) in [5.74, 6) is 0. The van der Waals surface area contributed by atoms with Gasteiger partial charge in [0.1, 0.15) is 0 Å². The molecule has 0 aromatic carbocycles. The topological polar surface area (TPSA) is 80.3 Å². The molecule has 0 fully saturated rings. The van der Waals surface area contributed by atoms with Gasteiger partial charge in [0.25, 0.3) is 0 Å². The molecule has 0 saturated carbocycles. The van der Waals surface area contributed by atoms with Crippen LogP contribution in [-0.2, 0) is 22.6 Å². The second kappa shape index (κ2) is 15.8. The Labute approximate surface area is 80.6 Å². The summed E-state index contributed by atoms with van der Waals surface area (Å²) in [6.07, 6.45) is -2.33. The molecule has 0 amide bonds. The molecule has 0 unspecified atom stereocenters. The maximum atomic E-state index is 8.33. The molecule has 0 spiro atoms. The summed E-state index contributed by atoms with van der Waals surface area (Å²) >= 11 is 1.50. The molecule has 0 N–H and O–H groups in total. The van der Waals surface area contributed by atoms with Gasteiger partial charge in [0, 0.05) is 0 Å². The summed E-state index contributed by atoms with van der Waals surface area (Å²) in [5, 5.41) is 16.7. The fourth-order valence-electron chi connectivity index (χ4n) is 0. The fourth-order valence-corrected chi connectivity index (χ4v) is 0. The van der Waals surface area contributed by atoms with Gasteiger partial charge in [0.2, 0.25) is 0 Å². The van der Waals surface area contributed by atoms with E-state index in [1.165, 1.54) is 19.2 Å². The summed E-state index contributed by atoms with van der Waals surface area (Å²) in [4.78, 5) is 8.33. The molecule has 7 heavy (non-hydrogen) atoms. The van der Waals surface area contributed by atoms with Crippen LogP contribution in [0, 0.1) is 0 Å². The molecular weight excluding hydrogens is 223 g/mol. The van der Waals surface area contributed by atoms with Gasteiger partial charge in [-0.05, 0) is 6.16 Å². The fraction of sp³-hybridized carbons (Fsp3) is 0. The van der Waals surface area contributed by atoms with Crippen LogP contribution in [0.1, 0.15) is 0 Å². The minimum atomic E-state index is -2.33. The van der Waals surface area contributed by atoms with E-state index in [1.807, 2.05) is 0 Å². The van der Waals surface area contributed by atoms with Crippen LogP contribution in [0.25, 0.3) is 0 Å². The van der Waals surface area contributed by atoms with E-state index in [1.54, 1.807) is 0 Å². The van der Waals surface area contributed by atoms with Crippen LogP contribution in [0.3, 0.4) is 0 Å². The van der Waals surface area contributed by atoms with Crippen LogP contribution in [0.15, 0.2) is 0 Å². The van der Waals surface area contributed by atoms with E-state index in [4.69, 9.17) is 18.5 Å². The van der Waals surface area contributed by atoms with Gasteiger partial charge in [-0.25, -0.2) is 0 Å². The maximum absolute atomic E-state index is 8.33. The SMILES string of the molecule is O=C([O-])[O-].[Ca+2].[O]=[Pd]. The van der Waals surface area contributed by atoms with Crippen LogP contribution in [0.4, 0.5) is 4.79 Å². The Hall–Kier alpha value is 0.992. The predicted octanol–water partition coefficient (Wildman–Crippen LogP) is -2.95. The molecule has 0 aliphatic carbocycles. The van der Waals surface area contributed by atoms with Crippen LogP contribution in [0.5, 0.6) is 0 Å². The molecule has 0 bridgehead atoms. The van der Waals surface area contributed by atoms with Crippen molar-refractivity contribution in [1.82, 2.24) is 0 Å². The van der Waals surface area contributed by atoms with Crippen molar-refractivity contribution in [2.75, 3.05) is 0 Å². The summed E-state index contributed by atoms with van der Waals surface area (Å²) in [6.45, 7) is 0.